The number of H-pyrrole nitrogens is 1. The SMILES string of the molecule is Cc1cc(-c2ccc3c4c([nH]c3c2F)-c2ccc(N)cc2CC4)ccc1F. The third-order valence-corrected chi connectivity index (χ3v) is 5.53. The lowest BCUT2D eigenvalue weighted by atomic mass is 9.88. The number of nitrogens with one attached hydrogen (secondary N) is 1. The van der Waals surface area contributed by atoms with E-state index in [0.717, 1.165) is 40.7 Å². The maximum atomic E-state index is 15.4. The summed E-state index contributed by atoms with van der Waals surface area (Å²) in [5, 5.41) is 0.910. The summed E-state index contributed by atoms with van der Waals surface area (Å²) in [6.07, 6.45) is 1.74. The van der Waals surface area contributed by atoms with Gasteiger partial charge in [-0.05, 0) is 66.3 Å². The molecule has 5 rings (SSSR count). The molecule has 1 aromatic heterocycles. The molecule has 0 radical (unpaired) electrons. The first-order valence-electron chi connectivity index (χ1n) is 9.01. The number of rotatable bonds is 1. The van der Waals surface area contributed by atoms with Crippen molar-refractivity contribution in [2.45, 2.75) is 19.8 Å². The van der Waals surface area contributed by atoms with Crippen LogP contribution in [-0.4, -0.2) is 4.98 Å². The summed E-state index contributed by atoms with van der Waals surface area (Å²) in [4.78, 5) is 3.31. The summed E-state index contributed by atoms with van der Waals surface area (Å²) in [6, 6.07) is 14.3. The van der Waals surface area contributed by atoms with Gasteiger partial charge in [0, 0.05) is 22.2 Å². The summed E-state index contributed by atoms with van der Waals surface area (Å²) in [5.41, 5.74) is 13.2. The number of benzene rings is 3. The highest BCUT2D eigenvalue weighted by atomic mass is 19.1. The highest BCUT2D eigenvalue weighted by Gasteiger charge is 2.23. The quantitative estimate of drug-likeness (QED) is 0.416. The Morgan fingerprint density at radius 3 is 2.56 bits per heavy atom. The molecule has 0 atom stereocenters. The first kappa shape index (κ1) is 16.1. The molecule has 4 heteroatoms. The number of fused-ring (bicyclic) bond motifs is 5. The van der Waals surface area contributed by atoms with Crippen molar-refractivity contribution in [1.29, 1.82) is 0 Å². The minimum absolute atomic E-state index is 0.286. The number of halogens is 2. The first-order valence-corrected chi connectivity index (χ1v) is 9.01. The minimum Gasteiger partial charge on any atom is -0.399 e. The molecule has 2 nitrogen and oxygen atoms in total. The van der Waals surface area contributed by atoms with Crippen LogP contribution in [-0.2, 0) is 12.8 Å². The molecule has 4 aromatic rings. The zero-order valence-electron chi connectivity index (χ0n) is 14.9. The summed E-state index contributed by atoms with van der Waals surface area (Å²) >= 11 is 0. The maximum Gasteiger partial charge on any atom is 0.155 e. The van der Waals surface area contributed by atoms with Crippen molar-refractivity contribution in [3.05, 3.63) is 76.9 Å². The fourth-order valence-corrected chi connectivity index (χ4v) is 4.13. The van der Waals surface area contributed by atoms with Gasteiger partial charge in [-0.3, -0.25) is 0 Å². The molecule has 0 spiro atoms. The maximum absolute atomic E-state index is 15.4. The Morgan fingerprint density at radius 1 is 0.926 bits per heavy atom. The van der Waals surface area contributed by atoms with Gasteiger partial charge in [0.1, 0.15) is 5.82 Å². The van der Waals surface area contributed by atoms with E-state index >= 15 is 4.39 Å². The molecule has 0 saturated heterocycles. The van der Waals surface area contributed by atoms with Gasteiger partial charge in [-0.15, -0.1) is 0 Å². The highest BCUT2D eigenvalue weighted by molar-refractivity contribution is 5.95. The van der Waals surface area contributed by atoms with E-state index in [1.54, 1.807) is 25.1 Å². The van der Waals surface area contributed by atoms with Crippen LogP contribution in [0, 0.1) is 18.6 Å². The molecule has 27 heavy (non-hydrogen) atoms. The molecule has 0 bridgehead atoms. The van der Waals surface area contributed by atoms with Crippen LogP contribution >= 0.6 is 0 Å². The Hall–Kier alpha value is -3.14. The van der Waals surface area contributed by atoms with E-state index in [1.807, 2.05) is 24.3 Å². The predicted molar refractivity (Wildman–Crippen MR) is 106 cm³/mol. The molecule has 1 aliphatic rings. The van der Waals surface area contributed by atoms with Crippen LogP contribution in [0.15, 0.2) is 48.5 Å². The third kappa shape index (κ3) is 2.36. The van der Waals surface area contributed by atoms with Crippen LogP contribution < -0.4 is 5.73 Å². The molecular formula is C23H18F2N2. The molecule has 3 aromatic carbocycles. The summed E-state index contributed by atoms with van der Waals surface area (Å²) < 4.78 is 29.0. The van der Waals surface area contributed by atoms with Crippen molar-refractivity contribution in [2.24, 2.45) is 0 Å². The number of nitrogens with two attached hydrogens (primary N) is 1. The minimum atomic E-state index is -0.301. The number of aromatic nitrogens is 1. The molecule has 134 valence electrons. The van der Waals surface area contributed by atoms with E-state index in [4.69, 9.17) is 5.73 Å². The molecule has 1 heterocycles. The van der Waals surface area contributed by atoms with Crippen LogP contribution in [0.4, 0.5) is 14.5 Å². The number of aryl methyl sites for hydroxylation is 3. The second-order valence-electron chi connectivity index (χ2n) is 7.21. The van der Waals surface area contributed by atoms with Crippen molar-refractivity contribution in [1.82, 2.24) is 4.98 Å². The fourth-order valence-electron chi connectivity index (χ4n) is 4.13. The smallest absolute Gasteiger partial charge is 0.155 e. The van der Waals surface area contributed by atoms with Crippen molar-refractivity contribution in [2.75, 3.05) is 5.73 Å². The third-order valence-electron chi connectivity index (χ3n) is 5.53. The van der Waals surface area contributed by atoms with Gasteiger partial charge < -0.3 is 10.7 Å². The molecule has 0 fully saturated rings. The zero-order valence-corrected chi connectivity index (χ0v) is 14.9. The van der Waals surface area contributed by atoms with E-state index in [-0.39, 0.29) is 11.6 Å². The molecular weight excluding hydrogens is 342 g/mol. The van der Waals surface area contributed by atoms with Crippen molar-refractivity contribution in [3.63, 3.8) is 0 Å². The number of hydrogen-bond donors (Lipinski definition) is 2. The predicted octanol–water partition coefficient (Wildman–Crippen LogP) is 5.77. The van der Waals surface area contributed by atoms with Gasteiger partial charge in [-0.1, -0.05) is 24.3 Å². The fraction of sp³-hybridized carbons (Fsp3) is 0.130. The zero-order chi connectivity index (χ0) is 18.7. The van der Waals surface area contributed by atoms with Crippen LogP contribution in [0.1, 0.15) is 16.7 Å². The molecule has 0 saturated carbocycles. The average molecular weight is 360 g/mol. The Bertz CT molecular complexity index is 1220. The lowest BCUT2D eigenvalue weighted by Crippen LogP contribution is -2.03. The molecule has 0 aliphatic heterocycles. The first-order chi connectivity index (χ1) is 13.0. The summed E-state index contributed by atoms with van der Waals surface area (Å²) in [5.74, 6) is -0.587. The van der Waals surface area contributed by atoms with Crippen LogP contribution in [0.5, 0.6) is 0 Å². The van der Waals surface area contributed by atoms with Gasteiger partial charge >= 0.3 is 0 Å². The van der Waals surface area contributed by atoms with Gasteiger partial charge in [-0.2, -0.15) is 0 Å². The monoisotopic (exact) mass is 360 g/mol. The average Bonchev–Trinajstić information content (AvgIpc) is 3.04. The van der Waals surface area contributed by atoms with E-state index in [1.165, 1.54) is 11.6 Å². The number of nitrogen functional groups attached to an aromatic ring is 1. The largest absolute Gasteiger partial charge is 0.399 e. The summed E-state index contributed by atoms with van der Waals surface area (Å²) in [6.45, 7) is 1.69. The highest BCUT2D eigenvalue weighted by Crippen LogP contribution is 2.40. The second-order valence-corrected chi connectivity index (χ2v) is 7.21. The van der Waals surface area contributed by atoms with Gasteiger partial charge in [0.15, 0.2) is 5.82 Å². The topological polar surface area (TPSA) is 41.8 Å². The number of hydrogen-bond acceptors (Lipinski definition) is 1. The van der Waals surface area contributed by atoms with Crippen LogP contribution in [0.3, 0.4) is 0 Å². The van der Waals surface area contributed by atoms with E-state index in [0.29, 0.717) is 22.2 Å². The van der Waals surface area contributed by atoms with E-state index in [9.17, 15) is 4.39 Å². The van der Waals surface area contributed by atoms with Gasteiger partial charge in [0.25, 0.3) is 0 Å². The standard InChI is InChI=1S/C23H18F2N2/c1-12-10-13(3-9-20(12)24)16-7-8-19-18-5-2-14-11-15(26)4-6-17(14)22(18)27-23(19)21(16)25/h3-4,6-11,27H,2,5,26H2,1H3. The van der Waals surface area contributed by atoms with Gasteiger partial charge in [-0.25, -0.2) is 8.78 Å². The van der Waals surface area contributed by atoms with Crippen LogP contribution in [0.25, 0.3) is 33.3 Å². The molecule has 0 amide bonds. The van der Waals surface area contributed by atoms with Crippen molar-refractivity contribution < 1.29 is 8.78 Å². The van der Waals surface area contributed by atoms with Crippen molar-refractivity contribution in [3.8, 4) is 22.4 Å². The molecule has 1 aliphatic carbocycles. The van der Waals surface area contributed by atoms with Crippen molar-refractivity contribution >= 4 is 16.6 Å². The molecule has 0 unspecified atom stereocenters. The number of aromatic amines is 1. The Kier molecular flexibility index (Phi) is 3.38. The Labute approximate surface area is 155 Å². The van der Waals surface area contributed by atoms with Gasteiger partial charge in [0.05, 0.1) is 11.2 Å². The van der Waals surface area contributed by atoms with E-state index < -0.39 is 0 Å². The lowest BCUT2D eigenvalue weighted by Gasteiger charge is -2.17. The summed E-state index contributed by atoms with van der Waals surface area (Å²) in [7, 11) is 0. The Balaban J connectivity index is 1.73. The van der Waals surface area contributed by atoms with E-state index in [2.05, 4.69) is 4.98 Å². The van der Waals surface area contributed by atoms with Gasteiger partial charge in [0.2, 0.25) is 0 Å². The molecule has 3 N–H and O–H groups in total. The van der Waals surface area contributed by atoms with Crippen LogP contribution in [0.2, 0.25) is 0 Å². The normalized spacial score (nSPS) is 12.9. The second kappa shape index (κ2) is 5.68. The Morgan fingerprint density at radius 2 is 1.74 bits per heavy atom. The lowest BCUT2D eigenvalue weighted by molar-refractivity contribution is 0.618. The number of anilines is 1.